The molecule has 0 fully saturated rings. The summed E-state index contributed by atoms with van der Waals surface area (Å²) in [6, 6.07) is 0. The Balaban J connectivity index is 0. The number of nitrogens with zero attached hydrogens (tertiary/aromatic N) is 2. The quantitative estimate of drug-likeness (QED) is 0.707. The van der Waals surface area contributed by atoms with E-state index in [4.69, 9.17) is 4.74 Å². The van der Waals surface area contributed by atoms with Crippen molar-refractivity contribution in [1.82, 2.24) is 20.6 Å². The maximum Gasteiger partial charge on any atom is 0.271 e. The summed E-state index contributed by atoms with van der Waals surface area (Å²) in [5.74, 6) is -0.207. The van der Waals surface area contributed by atoms with Crippen molar-refractivity contribution < 1.29 is 9.53 Å². The van der Waals surface area contributed by atoms with Crippen LogP contribution in [-0.2, 0) is 4.74 Å². The van der Waals surface area contributed by atoms with Crippen LogP contribution < -0.4 is 10.6 Å². The summed E-state index contributed by atoms with van der Waals surface area (Å²) in [6.07, 6.45) is 4.46. The van der Waals surface area contributed by atoms with E-state index in [0.717, 1.165) is 6.54 Å². The SMILES string of the molecule is COCCNCCNC(=O)c1cnccn1.Cl.Cl. The Labute approximate surface area is 119 Å². The van der Waals surface area contributed by atoms with Crippen LogP contribution in [-0.4, -0.2) is 49.2 Å². The van der Waals surface area contributed by atoms with E-state index in [1.807, 2.05) is 0 Å². The molecule has 1 amide bonds. The number of hydrogen-bond acceptors (Lipinski definition) is 5. The van der Waals surface area contributed by atoms with Gasteiger partial charge in [0.2, 0.25) is 0 Å². The molecule has 0 aliphatic carbocycles. The summed E-state index contributed by atoms with van der Waals surface area (Å²) in [5.41, 5.74) is 0.333. The van der Waals surface area contributed by atoms with E-state index >= 15 is 0 Å². The van der Waals surface area contributed by atoms with E-state index in [0.29, 0.717) is 25.4 Å². The van der Waals surface area contributed by atoms with Crippen LogP contribution in [0.3, 0.4) is 0 Å². The molecule has 2 N–H and O–H groups in total. The zero-order chi connectivity index (χ0) is 11.6. The van der Waals surface area contributed by atoms with Gasteiger partial charge < -0.3 is 15.4 Å². The monoisotopic (exact) mass is 296 g/mol. The van der Waals surface area contributed by atoms with E-state index in [-0.39, 0.29) is 30.7 Å². The maximum absolute atomic E-state index is 11.5. The smallest absolute Gasteiger partial charge is 0.271 e. The van der Waals surface area contributed by atoms with Crippen molar-refractivity contribution in [2.24, 2.45) is 0 Å². The van der Waals surface area contributed by atoms with Gasteiger partial charge in [0.15, 0.2) is 0 Å². The lowest BCUT2D eigenvalue weighted by molar-refractivity contribution is 0.0948. The lowest BCUT2D eigenvalue weighted by Gasteiger charge is -2.05. The minimum Gasteiger partial charge on any atom is -0.383 e. The summed E-state index contributed by atoms with van der Waals surface area (Å²) < 4.78 is 4.87. The molecule has 1 rings (SSSR count). The molecule has 0 saturated heterocycles. The van der Waals surface area contributed by atoms with Crippen molar-refractivity contribution >= 4 is 30.7 Å². The van der Waals surface area contributed by atoms with Crippen LogP contribution >= 0.6 is 24.8 Å². The fourth-order valence-corrected chi connectivity index (χ4v) is 1.07. The molecule has 0 aromatic carbocycles. The number of carbonyl (C=O) groups is 1. The van der Waals surface area contributed by atoms with Crippen molar-refractivity contribution in [3.8, 4) is 0 Å². The molecule has 1 aromatic heterocycles. The van der Waals surface area contributed by atoms with Crippen molar-refractivity contribution in [2.45, 2.75) is 0 Å². The number of ether oxygens (including phenoxy) is 1. The highest BCUT2D eigenvalue weighted by atomic mass is 35.5. The fraction of sp³-hybridized carbons (Fsp3) is 0.500. The Hall–Kier alpha value is -0.950. The van der Waals surface area contributed by atoms with E-state index < -0.39 is 0 Å². The van der Waals surface area contributed by atoms with Crippen LogP contribution in [0, 0.1) is 0 Å². The van der Waals surface area contributed by atoms with Gasteiger partial charge in [-0.3, -0.25) is 9.78 Å². The third-order valence-electron chi connectivity index (χ3n) is 1.87. The maximum atomic E-state index is 11.5. The first kappa shape index (κ1) is 19.4. The van der Waals surface area contributed by atoms with Crippen molar-refractivity contribution in [3.63, 3.8) is 0 Å². The lowest BCUT2D eigenvalue weighted by atomic mass is 10.4. The molecular formula is C10H18Cl2N4O2. The molecule has 0 saturated carbocycles. The van der Waals surface area contributed by atoms with Crippen LogP contribution in [0.1, 0.15) is 10.5 Å². The Kier molecular flexibility index (Phi) is 13.5. The Morgan fingerprint density at radius 2 is 2.06 bits per heavy atom. The number of methoxy groups -OCH3 is 1. The van der Waals surface area contributed by atoms with Gasteiger partial charge in [-0.1, -0.05) is 0 Å². The number of nitrogens with one attached hydrogen (secondary N) is 2. The van der Waals surface area contributed by atoms with Crippen LogP contribution in [0.5, 0.6) is 0 Å². The first-order valence-corrected chi connectivity index (χ1v) is 5.08. The molecule has 18 heavy (non-hydrogen) atoms. The summed E-state index contributed by atoms with van der Waals surface area (Å²) in [4.78, 5) is 19.2. The number of amides is 1. The lowest BCUT2D eigenvalue weighted by Crippen LogP contribution is -2.33. The second-order valence-electron chi connectivity index (χ2n) is 3.09. The topological polar surface area (TPSA) is 76.1 Å². The third kappa shape index (κ3) is 8.19. The number of hydrogen-bond donors (Lipinski definition) is 2. The Bertz CT molecular complexity index is 314. The van der Waals surface area contributed by atoms with E-state index in [1.165, 1.54) is 18.6 Å². The van der Waals surface area contributed by atoms with Crippen LogP contribution in [0.25, 0.3) is 0 Å². The van der Waals surface area contributed by atoms with E-state index in [1.54, 1.807) is 7.11 Å². The molecule has 0 aliphatic rings. The largest absolute Gasteiger partial charge is 0.383 e. The molecule has 0 spiro atoms. The molecule has 1 aromatic rings. The average Bonchev–Trinajstić information content (AvgIpc) is 2.34. The molecule has 0 aliphatic heterocycles. The zero-order valence-corrected chi connectivity index (χ0v) is 11.7. The second-order valence-corrected chi connectivity index (χ2v) is 3.09. The molecule has 8 heteroatoms. The third-order valence-corrected chi connectivity index (χ3v) is 1.87. The van der Waals surface area contributed by atoms with Crippen molar-refractivity contribution in [2.75, 3.05) is 33.4 Å². The van der Waals surface area contributed by atoms with Crippen molar-refractivity contribution in [1.29, 1.82) is 0 Å². The van der Waals surface area contributed by atoms with Crippen LogP contribution in [0.2, 0.25) is 0 Å². The molecule has 0 atom stereocenters. The number of carbonyl (C=O) groups excluding carboxylic acids is 1. The second kappa shape index (κ2) is 12.5. The first-order valence-electron chi connectivity index (χ1n) is 5.08. The average molecular weight is 297 g/mol. The predicted octanol–water partition coefficient (Wildman–Crippen LogP) is 0.286. The molecule has 0 radical (unpaired) electrons. The molecule has 0 unspecified atom stereocenters. The standard InChI is InChI=1S/C10H16N4O2.2ClH/c1-16-7-6-11-2-5-14-10(15)9-8-12-3-4-13-9;;/h3-4,8,11H,2,5-7H2,1H3,(H,14,15);2*1H. The van der Waals surface area contributed by atoms with Crippen LogP contribution in [0.15, 0.2) is 18.6 Å². The predicted molar refractivity (Wildman–Crippen MR) is 73.6 cm³/mol. The Morgan fingerprint density at radius 1 is 1.28 bits per heavy atom. The van der Waals surface area contributed by atoms with Gasteiger partial charge in [0, 0.05) is 39.1 Å². The molecule has 104 valence electrons. The number of aromatic nitrogens is 2. The number of rotatable bonds is 7. The molecule has 1 heterocycles. The molecular weight excluding hydrogens is 279 g/mol. The summed E-state index contributed by atoms with van der Waals surface area (Å²) in [5, 5.41) is 5.85. The van der Waals surface area contributed by atoms with Crippen LogP contribution in [0.4, 0.5) is 0 Å². The van der Waals surface area contributed by atoms with Crippen molar-refractivity contribution in [3.05, 3.63) is 24.3 Å². The summed E-state index contributed by atoms with van der Waals surface area (Å²) >= 11 is 0. The Morgan fingerprint density at radius 3 is 2.67 bits per heavy atom. The van der Waals surface area contributed by atoms with Gasteiger partial charge >= 0.3 is 0 Å². The normalized spacial score (nSPS) is 8.94. The molecule has 0 bridgehead atoms. The zero-order valence-electron chi connectivity index (χ0n) is 10.1. The van der Waals surface area contributed by atoms with E-state index in [9.17, 15) is 4.79 Å². The molecule has 6 nitrogen and oxygen atoms in total. The van der Waals surface area contributed by atoms with Gasteiger partial charge in [-0.15, -0.1) is 24.8 Å². The van der Waals surface area contributed by atoms with Gasteiger partial charge in [0.25, 0.3) is 5.91 Å². The number of halogens is 2. The minimum atomic E-state index is -0.207. The van der Waals surface area contributed by atoms with Gasteiger partial charge in [-0.05, 0) is 0 Å². The minimum absolute atomic E-state index is 0. The highest BCUT2D eigenvalue weighted by Crippen LogP contribution is 1.88. The van der Waals surface area contributed by atoms with E-state index in [2.05, 4.69) is 20.6 Å². The fourth-order valence-electron chi connectivity index (χ4n) is 1.07. The highest BCUT2D eigenvalue weighted by molar-refractivity contribution is 5.91. The van der Waals surface area contributed by atoms with Gasteiger partial charge in [0.05, 0.1) is 12.8 Å². The van der Waals surface area contributed by atoms with Gasteiger partial charge in [0.1, 0.15) is 5.69 Å². The first-order chi connectivity index (χ1) is 7.84. The van der Waals surface area contributed by atoms with Gasteiger partial charge in [-0.25, -0.2) is 4.98 Å². The van der Waals surface area contributed by atoms with Gasteiger partial charge in [-0.2, -0.15) is 0 Å². The summed E-state index contributed by atoms with van der Waals surface area (Å²) in [7, 11) is 1.65. The summed E-state index contributed by atoms with van der Waals surface area (Å²) in [6.45, 7) is 2.70. The highest BCUT2D eigenvalue weighted by Gasteiger charge is 2.04.